The van der Waals surface area contributed by atoms with Crippen molar-refractivity contribution in [2.24, 2.45) is 5.84 Å². The predicted octanol–water partition coefficient (Wildman–Crippen LogP) is -0.0376. The van der Waals surface area contributed by atoms with E-state index < -0.39 is 6.03 Å². The number of nitrogens with one attached hydrogen (secondary N) is 1. The molecule has 0 aromatic rings. The molecular formula is C11H17N4O3S. The quantitative estimate of drug-likeness (QED) is 0.420. The molecule has 1 fully saturated rings. The second kappa shape index (κ2) is 5.91. The summed E-state index contributed by atoms with van der Waals surface area (Å²) in [5, 5.41) is 1.62. The van der Waals surface area contributed by atoms with E-state index in [1.165, 1.54) is 16.7 Å². The third-order valence-electron chi connectivity index (χ3n) is 2.99. The molecule has 0 spiro atoms. The van der Waals surface area contributed by atoms with E-state index in [0.29, 0.717) is 13.1 Å². The van der Waals surface area contributed by atoms with Gasteiger partial charge in [-0.15, -0.1) is 0 Å². The molecule has 2 rings (SSSR count). The molecule has 1 unspecified atom stereocenters. The molecule has 1 radical (unpaired) electrons. The molecule has 2 aliphatic rings. The van der Waals surface area contributed by atoms with Crippen LogP contribution < -0.4 is 11.3 Å². The fourth-order valence-corrected chi connectivity index (χ4v) is 3.45. The first-order valence-corrected chi connectivity index (χ1v) is 6.94. The average molecular weight is 285 g/mol. The summed E-state index contributed by atoms with van der Waals surface area (Å²) in [5.74, 6) is 5.16. The molecule has 7 nitrogen and oxygen atoms in total. The van der Waals surface area contributed by atoms with Crippen molar-refractivity contribution in [2.75, 3.05) is 13.1 Å². The van der Waals surface area contributed by atoms with Gasteiger partial charge in [-0.05, 0) is 13.8 Å². The lowest BCUT2D eigenvalue weighted by Gasteiger charge is -2.41. The summed E-state index contributed by atoms with van der Waals surface area (Å²) in [5.41, 5.74) is 1.97. The Bertz CT molecular complexity index is 393. The first kappa shape index (κ1) is 14.3. The van der Waals surface area contributed by atoms with Gasteiger partial charge in [0.05, 0.1) is 12.2 Å². The van der Waals surface area contributed by atoms with Gasteiger partial charge < -0.3 is 4.74 Å². The molecule has 2 amide bonds. The lowest BCUT2D eigenvalue weighted by molar-refractivity contribution is -0.0799. The maximum absolute atomic E-state index is 11.8. The predicted molar refractivity (Wildman–Crippen MR) is 71.3 cm³/mol. The lowest BCUT2D eigenvalue weighted by atomic mass is 10.2. The van der Waals surface area contributed by atoms with Crippen molar-refractivity contribution in [3.8, 4) is 0 Å². The van der Waals surface area contributed by atoms with Gasteiger partial charge in [0.1, 0.15) is 11.2 Å². The summed E-state index contributed by atoms with van der Waals surface area (Å²) >= 11 is 1.39. The summed E-state index contributed by atoms with van der Waals surface area (Å²) in [6, 6.07) is -0.517. The average Bonchev–Trinajstić information content (AvgIpc) is 2.80. The Hall–Kier alpha value is -1.09. The van der Waals surface area contributed by atoms with Crippen molar-refractivity contribution in [3.05, 3.63) is 11.1 Å². The van der Waals surface area contributed by atoms with E-state index in [1.807, 2.05) is 13.8 Å². The number of ether oxygens (including phenoxy) is 1. The maximum Gasteiger partial charge on any atom is 0.338 e. The molecule has 3 atom stereocenters. The number of nitrogens with zero attached hydrogens (tertiary/aromatic N) is 2. The van der Waals surface area contributed by atoms with Crippen molar-refractivity contribution in [2.45, 2.75) is 31.6 Å². The minimum absolute atomic E-state index is 0.0800. The van der Waals surface area contributed by atoms with Gasteiger partial charge in [-0.3, -0.25) is 20.0 Å². The molecule has 0 aromatic heterocycles. The van der Waals surface area contributed by atoms with Gasteiger partial charge in [-0.25, -0.2) is 10.6 Å². The molecule has 2 aliphatic heterocycles. The molecule has 0 bridgehead atoms. The number of hydrogen-bond acceptors (Lipinski definition) is 6. The van der Waals surface area contributed by atoms with E-state index in [0.717, 1.165) is 0 Å². The Labute approximate surface area is 116 Å². The molecule has 0 aliphatic carbocycles. The molecule has 105 valence electrons. The number of hydrogen-bond donors (Lipinski definition) is 2. The second-order valence-corrected chi connectivity index (χ2v) is 5.53. The van der Waals surface area contributed by atoms with E-state index in [4.69, 9.17) is 10.6 Å². The van der Waals surface area contributed by atoms with Crippen LogP contribution in [0.25, 0.3) is 0 Å². The number of urea groups is 1. The Morgan fingerprint density at radius 2 is 2.16 bits per heavy atom. The number of amides is 2. The monoisotopic (exact) mass is 285 g/mol. The summed E-state index contributed by atoms with van der Waals surface area (Å²) in [7, 11) is 0. The number of hydrazine groups is 1. The number of carbonyl (C=O) groups is 1. The lowest BCUT2D eigenvalue weighted by Crippen LogP contribution is -2.56. The Kier molecular flexibility index (Phi) is 4.46. The standard InChI is InChI=1S/C11H17N4O3S/c1-7-3-14(4-8(2)18-7)11-15(10(17)13-12)9(5-16)6-19-11/h6-8,11H,3-4,12H2,1-2H3,(H,13,17)/t7-,8+,11?. The molecule has 1 saturated heterocycles. The van der Waals surface area contributed by atoms with Crippen molar-refractivity contribution < 1.29 is 14.3 Å². The number of nitrogens with two attached hydrogens (primary N) is 1. The molecule has 19 heavy (non-hydrogen) atoms. The number of rotatable bonds is 2. The van der Waals surface area contributed by atoms with Crippen molar-refractivity contribution in [3.63, 3.8) is 0 Å². The highest BCUT2D eigenvalue weighted by Crippen LogP contribution is 2.33. The van der Waals surface area contributed by atoms with Gasteiger partial charge in [0.15, 0.2) is 0 Å². The van der Waals surface area contributed by atoms with Crippen LogP contribution >= 0.6 is 11.8 Å². The zero-order valence-electron chi connectivity index (χ0n) is 10.8. The van der Waals surface area contributed by atoms with Gasteiger partial charge in [0.25, 0.3) is 6.29 Å². The highest BCUT2D eigenvalue weighted by Gasteiger charge is 2.39. The number of morpholine rings is 1. The van der Waals surface area contributed by atoms with Crippen LogP contribution in [0.1, 0.15) is 13.8 Å². The normalized spacial score (nSPS) is 32.1. The number of carbonyl (C=O) groups excluding carboxylic acids is 2. The number of allylic oxidation sites excluding steroid dienone is 1. The SMILES string of the molecule is C[C@@H]1CN(C2SC=C([C]=O)N2C(=O)NN)C[C@H](C)O1. The number of thioether (sulfide) groups is 1. The summed E-state index contributed by atoms with van der Waals surface area (Å²) in [6.07, 6.45) is 1.92. The van der Waals surface area contributed by atoms with E-state index >= 15 is 0 Å². The molecule has 0 aromatic carbocycles. The highest BCUT2D eigenvalue weighted by atomic mass is 32.2. The van der Waals surface area contributed by atoms with E-state index in [1.54, 1.807) is 11.7 Å². The summed E-state index contributed by atoms with van der Waals surface area (Å²) < 4.78 is 5.66. The maximum atomic E-state index is 11.8. The van der Waals surface area contributed by atoms with E-state index in [2.05, 4.69) is 10.3 Å². The smallest absolute Gasteiger partial charge is 0.338 e. The van der Waals surface area contributed by atoms with Crippen LogP contribution in [-0.4, -0.2) is 52.9 Å². The van der Waals surface area contributed by atoms with Crippen molar-refractivity contribution >= 4 is 24.1 Å². The molecule has 3 N–H and O–H groups in total. The van der Waals surface area contributed by atoms with Gasteiger partial charge in [-0.1, -0.05) is 11.8 Å². The Balaban J connectivity index is 2.15. The molecule has 8 heteroatoms. The molecular weight excluding hydrogens is 268 g/mol. The van der Waals surface area contributed by atoms with Crippen LogP contribution in [0.5, 0.6) is 0 Å². The van der Waals surface area contributed by atoms with Gasteiger partial charge >= 0.3 is 6.03 Å². The largest absolute Gasteiger partial charge is 0.373 e. The van der Waals surface area contributed by atoms with E-state index in [9.17, 15) is 9.59 Å². The minimum atomic E-state index is -0.517. The van der Waals surface area contributed by atoms with Crippen LogP contribution in [-0.2, 0) is 9.53 Å². The van der Waals surface area contributed by atoms with Crippen LogP contribution in [0.15, 0.2) is 11.1 Å². The van der Waals surface area contributed by atoms with Gasteiger partial charge in [0, 0.05) is 18.5 Å². The van der Waals surface area contributed by atoms with Crippen LogP contribution in [0.2, 0.25) is 0 Å². The van der Waals surface area contributed by atoms with Crippen LogP contribution in [0, 0.1) is 0 Å². The fraction of sp³-hybridized carbons (Fsp3) is 0.636. The molecule has 2 heterocycles. The van der Waals surface area contributed by atoms with Crippen LogP contribution in [0.3, 0.4) is 0 Å². The van der Waals surface area contributed by atoms with E-state index in [-0.39, 0.29) is 23.4 Å². The third-order valence-corrected chi connectivity index (χ3v) is 4.10. The fourth-order valence-electron chi connectivity index (χ4n) is 2.36. The first-order chi connectivity index (χ1) is 9.06. The van der Waals surface area contributed by atoms with Crippen LogP contribution in [0.4, 0.5) is 4.79 Å². The first-order valence-electron chi connectivity index (χ1n) is 6.00. The second-order valence-electron chi connectivity index (χ2n) is 4.60. The zero-order chi connectivity index (χ0) is 14.0. The Morgan fingerprint density at radius 1 is 1.53 bits per heavy atom. The van der Waals surface area contributed by atoms with Crippen molar-refractivity contribution in [1.82, 2.24) is 15.2 Å². The minimum Gasteiger partial charge on any atom is -0.373 e. The summed E-state index contributed by atoms with van der Waals surface area (Å²) in [6.45, 7) is 5.35. The highest BCUT2D eigenvalue weighted by molar-refractivity contribution is 8.02. The third kappa shape index (κ3) is 2.92. The molecule has 0 saturated carbocycles. The summed E-state index contributed by atoms with van der Waals surface area (Å²) in [4.78, 5) is 26.1. The van der Waals surface area contributed by atoms with Gasteiger partial charge in [-0.2, -0.15) is 0 Å². The van der Waals surface area contributed by atoms with Crippen molar-refractivity contribution in [1.29, 1.82) is 0 Å². The van der Waals surface area contributed by atoms with Gasteiger partial charge in [0.2, 0.25) is 0 Å². The zero-order valence-corrected chi connectivity index (χ0v) is 11.6. The Morgan fingerprint density at radius 3 is 2.68 bits per heavy atom. The topological polar surface area (TPSA) is 87.9 Å².